The van der Waals surface area contributed by atoms with Crippen LogP contribution in [0.15, 0.2) is 66.2 Å². The highest BCUT2D eigenvalue weighted by Crippen LogP contribution is 2.67. The van der Waals surface area contributed by atoms with E-state index < -0.39 is 0 Å². The number of para-hydroxylation sites is 1. The third-order valence-corrected chi connectivity index (χ3v) is 12.6. The lowest BCUT2D eigenvalue weighted by atomic mass is 9.47. The summed E-state index contributed by atoms with van der Waals surface area (Å²) in [4.78, 5) is 12.9. The van der Waals surface area contributed by atoms with Gasteiger partial charge < -0.3 is 9.47 Å². The lowest BCUT2D eigenvalue weighted by molar-refractivity contribution is -0.0577. The van der Waals surface area contributed by atoms with Gasteiger partial charge in [0.05, 0.1) is 0 Å². The molecule has 0 radical (unpaired) electrons. The fourth-order valence-electron chi connectivity index (χ4n) is 10.3. The number of benzene rings is 2. The first-order valence-electron chi connectivity index (χ1n) is 17.7. The van der Waals surface area contributed by atoms with Gasteiger partial charge in [0, 0.05) is 12.1 Å². The Balaban J connectivity index is 1.04. The van der Waals surface area contributed by atoms with Crippen LogP contribution in [-0.2, 0) is 4.74 Å². The Morgan fingerprint density at radius 2 is 1.64 bits per heavy atom. The number of rotatable bonds is 9. The van der Waals surface area contributed by atoms with Gasteiger partial charge >= 0.3 is 6.09 Å². The topological polar surface area (TPSA) is 47.6 Å². The van der Waals surface area contributed by atoms with Crippen molar-refractivity contribution in [3.63, 3.8) is 0 Å². The van der Waals surface area contributed by atoms with Crippen LogP contribution >= 0.6 is 0 Å². The van der Waals surface area contributed by atoms with Crippen molar-refractivity contribution in [1.82, 2.24) is 0 Å². The summed E-state index contributed by atoms with van der Waals surface area (Å²) in [6.07, 6.45) is 16.2. The molecular formula is C40H55NO3. The molecule has 6 rings (SSSR count). The van der Waals surface area contributed by atoms with Crippen molar-refractivity contribution in [2.24, 2.45) is 46.3 Å². The van der Waals surface area contributed by atoms with Crippen molar-refractivity contribution < 1.29 is 14.3 Å². The van der Waals surface area contributed by atoms with Crippen LogP contribution in [0, 0.1) is 46.3 Å². The molecule has 3 fully saturated rings. The predicted molar refractivity (Wildman–Crippen MR) is 180 cm³/mol. The van der Waals surface area contributed by atoms with Crippen molar-refractivity contribution in [2.75, 3.05) is 5.32 Å². The third-order valence-electron chi connectivity index (χ3n) is 12.6. The van der Waals surface area contributed by atoms with Gasteiger partial charge in [0.2, 0.25) is 0 Å². The molecule has 4 heteroatoms. The quantitative estimate of drug-likeness (QED) is 0.293. The van der Waals surface area contributed by atoms with Gasteiger partial charge in [-0.1, -0.05) is 83.7 Å². The number of carbonyl (C=O) groups is 1. The van der Waals surface area contributed by atoms with Crippen LogP contribution in [0.2, 0.25) is 0 Å². The molecule has 1 amide bonds. The monoisotopic (exact) mass is 597 g/mol. The molecule has 44 heavy (non-hydrogen) atoms. The first-order chi connectivity index (χ1) is 21.2. The minimum Gasteiger partial charge on any atom is -0.457 e. The zero-order valence-electron chi connectivity index (χ0n) is 27.8. The molecule has 0 bridgehead atoms. The van der Waals surface area contributed by atoms with Crippen molar-refractivity contribution in [3.8, 4) is 11.5 Å². The average molecular weight is 598 g/mol. The third kappa shape index (κ3) is 6.33. The molecule has 0 saturated heterocycles. The average Bonchev–Trinajstić information content (AvgIpc) is 3.36. The highest BCUT2D eigenvalue weighted by atomic mass is 16.6. The number of hydrogen-bond donors (Lipinski definition) is 1. The van der Waals surface area contributed by atoms with Gasteiger partial charge in [-0.25, -0.2) is 4.79 Å². The van der Waals surface area contributed by atoms with Gasteiger partial charge in [0.15, 0.2) is 0 Å². The lowest BCUT2D eigenvalue weighted by Gasteiger charge is -2.58. The maximum atomic E-state index is 12.9. The van der Waals surface area contributed by atoms with Gasteiger partial charge in [-0.2, -0.15) is 0 Å². The molecule has 2 aromatic rings. The minimum absolute atomic E-state index is 0.0528. The van der Waals surface area contributed by atoms with Gasteiger partial charge in [-0.15, -0.1) is 0 Å². The first-order valence-corrected chi connectivity index (χ1v) is 17.7. The normalized spacial score (nSPS) is 33.4. The Kier molecular flexibility index (Phi) is 9.18. The highest BCUT2D eigenvalue weighted by Gasteiger charge is 2.59. The Morgan fingerprint density at radius 3 is 2.39 bits per heavy atom. The molecule has 4 nitrogen and oxygen atoms in total. The summed E-state index contributed by atoms with van der Waals surface area (Å²) in [5.41, 5.74) is 3.05. The van der Waals surface area contributed by atoms with E-state index in [4.69, 9.17) is 9.47 Å². The van der Waals surface area contributed by atoms with Gasteiger partial charge in [0.1, 0.15) is 17.6 Å². The second kappa shape index (κ2) is 12.9. The molecule has 8 atom stereocenters. The van der Waals surface area contributed by atoms with E-state index in [-0.39, 0.29) is 17.6 Å². The van der Waals surface area contributed by atoms with Crippen LogP contribution in [-0.4, -0.2) is 12.2 Å². The standard InChI is InChI=1S/C40H55NO3/c1-27(2)10-9-11-28(3)35-20-21-36-34-19-14-29-26-33(22-24-39(29,4)37(34)23-25-40(35,36)5)44-38(42)41-30-15-17-32(18-16-30)43-31-12-7-6-8-13-31/h6-8,12-18,27-28,33-37H,9-11,19-26H2,1-5H3,(H,41,42)/t28-,33?,34+,35-,36+,37+,39+,40-/m1/s1. The second-order valence-corrected chi connectivity index (χ2v) is 15.6. The number of nitrogens with one attached hydrogen (secondary N) is 1. The maximum Gasteiger partial charge on any atom is 0.411 e. The van der Waals surface area contributed by atoms with Gasteiger partial charge in [0.25, 0.3) is 0 Å². The summed E-state index contributed by atoms with van der Waals surface area (Å²) in [6.45, 7) is 12.5. The summed E-state index contributed by atoms with van der Waals surface area (Å²) < 4.78 is 11.9. The number of ether oxygens (including phenoxy) is 2. The molecular weight excluding hydrogens is 542 g/mol. The van der Waals surface area contributed by atoms with Crippen molar-refractivity contribution in [2.45, 2.75) is 111 Å². The Labute approximate surface area is 266 Å². The molecule has 0 aromatic heterocycles. The maximum absolute atomic E-state index is 12.9. The van der Waals surface area contributed by atoms with E-state index >= 15 is 0 Å². The Morgan fingerprint density at radius 1 is 0.886 bits per heavy atom. The van der Waals surface area contributed by atoms with Crippen LogP contribution in [0.25, 0.3) is 0 Å². The van der Waals surface area contributed by atoms with Crippen LogP contribution in [0.4, 0.5) is 10.5 Å². The zero-order valence-corrected chi connectivity index (χ0v) is 27.8. The Hall–Kier alpha value is -2.75. The highest BCUT2D eigenvalue weighted by molar-refractivity contribution is 5.84. The number of carbonyl (C=O) groups excluding carboxylic acids is 1. The molecule has 0 aliphatic heterocycles. The predicted octanol–water partition coefficient (Wildman–Crippen LogP) is 11.4. The second-order valence-electron chi connectivity index (χ2n) is 15.6. The largest absolute Gasteiger partial charge is 0.457 e. The van der Waals surface area contributed by atoms with Crippen molar-refractivity contribution in [1.29, 1.82) is 0 Å². The Bertz CT molecular complexity index is 1300. The summed E-state index contributed by atoms with van der Waals surface area (Å²) >= 11 is 0. The fourth-order valence-corrected chi connectivity index (χ4v) is 10.3. The number of allylic oxidation sites excluding steroid dienone is 1. The minimum atomic E-state index is -0.363. The van der Waals surface area contributed by atoms with Crippen molar-refractivity contribution >= 4 is 11.8 Å². The summed E-state index contributed by atoms with van der Waals surface area (Å²) in [5, 5.41) is 2.93. The molecule has 1 N–H and O–H groups in total. The molecule has 1 unspecified atom stereocenters. The molecule has 4 aliphatic carbocycles. The number of amides is 1. The van der Waals surface area contributed by atoms with E-state index in [0.717, 1.165) is 66.3 Å². The fraction of sp³-hybridized carbons (Fsp3) is 0.625. The number of anilines is 1. The zero-order chi connectivity index (χ0) is 30.9. The lowest BCUT2D eigenvalue weighted by Crippen LogP contribution is -2.51. The van der Waals surface area contributed by atoms with Gasteiger partial charge in [-0.05, 0) is 128 Å². The summed E-state index contributed by atoms with van der Waals surface area (Å²) in [6, 6.07) is 17.2. The van der Waals surface area contributed by atoms with E-state index in [2.05, 4.69) is 46.0 Å². The van der Waals surface area contributed by atoms with E-state index in [1.807, 2.05) is 54.6 Å². The van der Waals surface area contributed by atoms with Crippen LogP contribution in [0.5, 0.6) is 11.5 Å². The molecule has 2 aromatic carbocycles. The van der Waals surface area contributed by atoms with E-state index in [0.29, 0.717) is 11.1 Å². The molecule has 238 valence electrons. The van der Waals surface area contributed by atoms with Gasteiger partial charge in [-0.3, -0.25) is 5.32 Å². The van der Waals surface area contributed by atoms with E-state index in [1.54, 1.807) is 5.57 Å². The molecule has 0 heterocycles. The summed E-state index contributed by atoms with van der Waals surface area (Å²) in [7, 11) is 0. The van der Waals surface area contributed by atoms with E-state index in [1.165, 1.54) is 51.4 Å². The smallest absolute Gasteiger partial charge is 0.411 e. The molecule has 0 spiro atoms. The van der Waals surface area contributed by atoms with Crippen LogP contribution in [0.3, 0.4) is 0 Å². The van der Waals surface area contributed by atoms with Crippen LogP contribution in [0.1, 0.15) is 105 Å². The molecule has 4 aliphatic rings. The number of hydrogen-bond acceptors (Lipinski definition) is 3. The first kappa shape index (κ1) is 31.2. The van der Waals surface area contributed by atoms with E-state index in [9.17, 15) is 4.79 Å². The molecule has 3 saturated carbocycles. The SMILES string of the molecule is CC(C)CCC[C@@H](C)[C@H]1CC[C@H]2[C@@H]3CC=C4CC(OC(=O)Nc5ccc(Oc6ccccc6)cc5)CC[C@]4(C)[C@H]3CC[C@]12C. The number of fused-ring (bicyclic) bond motifs is 5. The van der Waals surface area contributed by atoms with Crippen molar-refractivity contribution in [3.05, 3.63) is 66.2 Å². The summed E-state index contributed by atoms with van der Waals surface area (Å²) in [5.74, 6) is 6.57. The van der Waals surface area contributed by atoms with Crippen LogP contribution < -0.4 is 10.1 Å².